The van der Waals surface area contributed by atoms with Gasteiger partial charge in [0.25, 0.3) is 0 Å². The number of nitrogens with two attached hydrogens (primary N) is 1. The molecular weight excluding hydrogens is 244 g/mol. The summed E-state index contributed by atoms with van der Waals surface area (Å²) in [6.07, 6.45) is 1.55. The molecule has 1 aliphatic rings. The first-order valence-electron chi connectivity index (χ1n) is 6.07. The molecule has 1 aromatic carbocycles. The van der Waals surface area contributed by atoms with Crippen molar-refractivity contribution >= 4 is 5.91 Å². The van der Waals surface area contributed by atoms with E-state index in [2.05, 4.69) is 25.9 Å². The first-order chi connectivity index (χ1) is 9.17. The number of benzene rings is 1. The van der Waals surface area contributed by atoms with Gasteiger partial charge in [0, 0.05) is 12.1 Å². The summed E-state index contributed by atoms with van der Waals surface area (Å²) in [5.41, 5.74) is 7.06. The first-order valence-corrected chi connectivity index (χ1v) is 6.07. The minimum Gasteiger partial charge on any atom is -0.350 e. The normalized spacial score (nSPS) is 16.1. The maximum Gasteiger partial charge on any atom is 0.240 e. The molecule has 0 aliphatic heterocycles. The Labute approximate surface area is 109 Å². The number of amides is 1. The summed E-state index contributed by atoms with van der Waals surface area (Å²) in [5.74, 6) is 0.476. The molecule has 7 nitrogen and oxygen atoms in total. The van der Waals surface area contributed by atoms with Gasteiger partial charge in [-0.05, 0) is 23.6 Å². The highest BCUT2D eigenvalue weighted by Crippen LogP contribution is 2.32. The van der Waals surface area contributed by atoms with Crippen molar-refractivity contribution in [3.8, 4) is 11.4 Å². The Balaban J connectivity index is 1.62. The molecule has 3 rings (SSSR count). The van der Waals surface area contributed by atoms with Crippen molar-refractivity contribution < 1.29 is 4.79 Å². The summed E-state index contributed by atoms with van der Waals surface area (Å²) >= 11 is 0. The first kappa shape index (κ1) is 11.8. The molecule has 1 aliphatic carbocycles. The van der Waals surface area contributed by atoms with Crippen LogP contribution in [0.5, 0.6) is 0 Å². The summed E-state index contributed by atoms with van der Waals surface area (Å²) in [6.45, 7) is 0.476. The molecule has 0 unspecified atom stereocenters. The van der Waals surface area contributed by atoms with E-state index in [1.165, 1.54) is 0 Å². The molecule has 0 saturated heterocycles. The second kappa shape index (κ2) is 4.43. The monoisotopic (exact) mass is 258 g/mol. The number of rotatable bonds is 4. The van der Waals surface area contributed by atoms with Crippen LogP contribution in [-0.2, 0) is 11.3 Å². The molecule has 1 fully saturated rings. The van der Waals surface area contributed by atoms with Crippen LogP contribution in [0.3, 0.4) is 0 Å². The molecule has 0 bridgehead atoms. The average molecular weight is 258 g/mol. The number of nitrogens with zero attached hydrogens (tertiary/aromatic N) is 3. The van der Waals surface area contributed by atoms with E-state index in [1.54, 1.807) is 0 Å². The summed E-state index contributed by atoms with van der Waals surface area (Å²) < 4.78 is 0. The molecule has 1 aromatic heterocycles. The highest BCUT2D eigenvalue weighted by atomic mass is 16.2. The molecular formula is C12H14N6O. The highest BCUT2D eigenvalue weighted by molar-refractivity contribution is 5.88. The lowest BCUT2D eigenvalue weighted by molar-refractivity contribution is -0.123. The number of nitrogens with one attached hydrogen (secondary N) is 2. The van der Waals surface area contributed by atoms with Crippen LogP contribution in [0.1, 0.15) is 18.4 Å². The lowest BCUT2D eigenvalue weighted by atomic mass is 10.1. The van der Waals surface area contributed by atoms with E-state index >= 15 is 0 Å². The zero-order valence-corrected chi connectivity index (χ0v) is 10.3. The van der Waals surface area contributed by atoms with E-state index in [-0.39, 0.29) is 5.91 Å². The van der Waals surface area contributed by atoms with Gasteiger partial charge < -0.3 is 11.1 Å². The maximum atomic E-state index is 11.7. The largest absolute Gasteiger partial charge is 0.350 e. The standard InChI is InChI=1S/C12H14N6O/c13-12(5-6-12)11(19)14-7-8-1-3-9(4-2-8)10-15-17-18-16-10/h1-4H,5-7,13H2,(H,14,19)(H,15,16,17,18). The number of hydrogen-bond donors (Lipinski definition) is 3. The lowest BCUT2D eigenvalue weighted by Crippen LogP contribution is -2.42. The van der Waals surface area contributed by atoms with Crippen LogP contribution in [0.15, 0.2) is 24.3 Å². The van der Waals surface area contributed by atoms with Gasteiger partial charge in [-0.2, -0.15) is 5.21 Å². The Hall–Kier alpha value is -2.28. The second-order valence-corrected chi connectivity index (χ2v) is 4.77. The van der Waals surface area contributed by atoms with Crippen molar-refractivity contribution in [2.75, 3.05) is 0 Å². The average Bonchev–Trinajstić information content (AvgIpc) is 2.97. The third kappa shape index (κ3) is 2.45. The number of carbonyl (C=O) groups is 1. The molecule has 7 heteroatoms. The van der Waals surface area contributed by atoms with E-state index in [9.17, 15) is 4.79 Å². The molecule has 0 atom stereocenters. The molecule has 19 heavy (non-hydrogen) atoms. The topological polar surface area (TPSA) is 110 Å². The summed E-state index contributed by atoms with van der Waals surface area (Å²) in [4.78, 5) is 11.7. The van der Waals surface area contributed by atoms with Gasteiger partial charge in [0.1, 0.15) is 0 Å². The van der Waals surface area contributed by atoms with Crippen LogP contribution in [-0.4, -0.2) is 32.1 Å². The van der Waals surface area contributed by atoms with Gasteiger partial charge in [0.15, 0.2) is 0 Å². The molecule has 1 amide bonds. The maximum absolute atomic E-state index is 11.7. The van der Waals surface area contributed by atoms with Crippen LogP contribution in [0.2, 0.25) is 0 Å². The third-order valence-electron chi connectivity index (χ3n) is 3.25. The van der Waals surface area contributed by atoms with Crippen molar-refractivity contribution in [1.82, 2.24) is 25.9 Å². The van der Waals surface area contributed by atoms with E-state index < -0.39 is 5.54 Å². The molecule has 2 aromatic rings. The predicted molar refractivity (Wildman–Crippen MR) is 67.6 cm³/mol. The van der Waals surface area contributed by atoms with E-state index in [1.807, 2.05) is 24.3 Å². The van der Waals surface area contributed by atoms with Gasteiger partial charge in [-0.3, -0.25) is 4.79 Å². The van der Waals surface area contributed by atoms with Crippen LogP contribution in [0.25, 0.3) is 11.4 Å². The van der Waals surface area contributed by atoms with E-state index in [0.717, 1.165) is 24.0 Å². The molecule has 1 saturated carbocycles. The van der Waals surface area contributed by atoms with Crippen molar-refractivity contribution in [3.63, 3.8) is 0 Å². The van der Waals surface area contributed by atoms with Gasteiger partial charge in [-0.1, -0.05) is 24.3 Å². The fraction of sp³-hybridized carbons (Fsp3) is 0.333. The van der Waals surface area contributed by atoms with E-state index in [0.29, 0.717) is 12.4 Å². The summed E-state index contributed by atoms with van der Waals surface area (Å²) in [5, 5.41) is 16.5. The van der Waals surface area contributed by atoms with Gasteiger partial charge in [-0.25, -0.2) is 0 Å². The Morgan fingerprint density at radius 1 is 1.37 bits per heavy atom. The van der Waals surface area contributed by atoms with Crippen molar-refractivity contribution in [1.29, 1.82) is 0 Å². The van der Waals surface area contributed by atoms with Crippen LogP contribution >= 0.6 is 0 Å². The van der Waals surface area contributed by atoms with Crippen LogP contribution in [0, 0.1) is 0 Å². The van der Waals surface area contributed by atoms with Gasteiger partial charge >= 0.3 is 0 Å². The smallest absolute Gasteiger partial charge is 0.240 e. The molecule has 4 N–H and O–H groups in total. The van der Waals surface area contributed by atoms with Crippen molar-refractivity contribution in [2.24, 2.45) is 5.73 Å². The second-order valence-electron chi connectivity index (χ2n) is 4.77. The Morgan fingerprint density at radius 2 is 2.11 bits per heavy atom. The van der Waals surface area contributed by atoms with Gasteiger partial charge in [0.2, 0.25) is 11.7 Å². The van der Waals surface area contributed by atoms with Crippen molar-refractivity contribution in [3.05, 3.63) is 29.8 Å². The molecule has 1 heterocycles. The van der Waals surface area contributed by atoms with Gasteiger partial charge in [0.05, 0.1) is 5.54 Å². The fourth-order valence-corrected chi connectivity index (χ4v) is 1.78. The molecule has 0 radical (unpaired) electrons. The highest BCUT2D eigenvalue weighted by Gasteiger charge is 2.45. The number of aromatic amines is 1. The fourth-order valence-electron chi connectivity index (χ4n) is 1.78. The quantitative estimate of drug-likeness (QED) is 0.713. The van der Waals surface area contributed by atoms with Crippen LogP contribution < -0.4 is 11.1 Å². The SMILES string of the molecule is NC1(C(=O)NCc2ccc(-c3nn[nH]n3)cc2)CC1. The zero-order valence-electron chi connectivity index (χ0n) is 10.3. The number of carbonyl (C=O) groups excluding carboxylic acids is 1. The van der Waals surface area contributed by atoms with Crippen molar-refractivity contribution in [2.45, 2.75) is 24.9 Å². The van der Waals surface area contributed by atoms with Gasteiger partial charge in [-0.15, -0.1) is 10.2 Å². The minimum absolute atomic E-state index is 0.0743. The molecule has 0 spiro atoms. The minimum atomic E-state index is -0.620. The number of H-pyrrole nitrogens is 1. The van der Waals surface area contributed by atoms with E-state index in [4.69, 9.17) is 5.73 Å². The third-order valence-corrected chi connectivity index (χ3v) is 3.25. The zero-order chi connectivity index (χ0) is 13.3. The Morgan fingerprint density at radius 3 is 2.68 bits per heavy atom. The Kier molecular flexibility index (Phi) is 2.75. The Bertz CT molecular complexity index is 573. The number of tetrazole rings is 1. The number of hydrogen-bond acceptors (Lipinski definition) is 5. The summed E-state index contributed by atoms with van der Waals surface area (Å²) in [7, 11) is 0. The molecule has 98 valence electrons. The summed E-state index contributed by atoms with van der Waals surface area (Å²) in [6, 6.07) is 7.62. The number of aromatic nitrogens is 4. The van der Waals surface area contributed by atoms with Crippen LogP contribution in [0.4, 0.5) is 0 Å². The lowest BCUT2D eigenvalue weighted by Gasteiger charge is -2.10. The predicted octanol–water partition coefficient (Wildman–Crippen LogP) is -0.0258.